The number of hydrogen-bond acceptors (Lipinski definition) is 3. The van der Waals surface area contributed by atoms with Crippen molar-refractivity contribution in [3.05, 3.63) is 54.1 Å². The normalized spacial score (nSPS) is 42.9. The van der Waals surface area contributed by atoms with E-state index in [1.54, 1.807) is 6.08 Å². The maximum Gasteiger partial charge on any atom is 0.331 e. The number of aliphatic hydroxyl groups is 1. The highest BCUT2D eigenvalue weighted by Crippen LogP contribution is 2.89. The van der Waals surface area contributed by atoms with E-state index in [4.69, 9.17) is 4.74 Å². The predicted octanol–water partition coefficient (Wildman–Crippen LogP) is 9.40. The van der Waals surface area contributed by atoms with E-state index >= 15 is 0 Å². The summed E-state index contributed by atoms with van der Waals surface area (Å²) in [5.74, 6) is 2.65. The predicted molar refractivity (Wildman–Crippen MR) is 171 cm³/mol. The van der Waals surface area contributed by atoms with Gasteiger partial charge >= 0.3 is 5.97 Å². The zero-order chi connectivity index (χ0) is 30.1. The minimum absolute atomic E-state index is 0.00145. The van der Waals surface area contributed by atoms with Crippen LogP contribution in [0.1, 0.15) is 118 Å². The molecular weight excluding hydrogens is 516 g/mol. The Kier molecular flexibility index (Phi) is 7.44. The molecule has 0 aromatic heterocycles. The molecule has 0 bridgehead atoms. The number of rotatable bonds is 8. The Hall–Kier alpha value is -1.87. The van der Waals surface area contributed by atoms with Crippen LogP contribution in [-0.2, 0) is 9.53 Å². The van der Waals surface area contributed by atoms with E-state index in [1.165, 1.54) is 51.4 Å². The van der Waals surface area contributed by atoms with Crippen LogP contribution in [0.5, 0.6) is 0 Å². The fourth-order valence-electron chi connectivity index (χ4n) is 12.3. The minimum atomic E-state index is -0.359. The molecule has 1 N–H and O–H groups in total. The third-order valence-corrected chi connectivity index (χ3v) is 14.7. The average molecular weight is 573 g/mol. The van der Waals surface area contributed by atoms with E-state index in [-0.39, 0.29) is 23.6 Å². The molecule has 0 aliphatic heterocycles. The lowest BCUT2D eigenvalue weighted by Gasteiger charge is -2.63. The molecule has 3 nitrogen and oxygen atoms in total. The lowest BCUT2D eigenvalue weighted by molar-refractivity contribution is -0.179. The van der Waals surface area contributed by atoms with Gasteiger partial charge in [0.15, 0.2) is 0 Å². The largest absolute Gasteiger partial charge is 0.459 e. The summed E-state index contributed by atoms with van der Waals surface area (Å²) in [5.41, 5.74) is 3.67. The number of carbonyl (C=O) groups excluding carboxylic acids is 1. The number of benzene rings is 1. The van der Waals surface area contributed by atoms with Crippen molar-refractivity contribution in [1.29, 1.82) is 0 Å². The molecule has 1 aromatic carbocycles. The average Bonchev–Trinajstić information content (AvgIpc) is 3.54. The lowest BCUT2D eigenvalue weighted by atomic mass is 9.41. The van der Waals surface area contributed by atoms with Crippen molar-refractivity contribution >= 4 is 12.0 Å². The van der Waals surface area contributed by atoms with Crippen molar-refractivity contribution in [3.63, 3.8) is 0 Å². The van der Waals surface area contributed by atoms with Crippen LogP contribution in [0.3, 0.4) is 0 Å². The van der Waals surface area contributed by atoms with Crippen molar-refractivity contribution in [2.75, 3.05) is 0 Å². The van der Waals surface area contributed by atoms with Crippen LogP contribution in [0.15, 0.2) is 48.6 Å². The molecule has 3 heteroatoms. The Balaban J connectivity index is 1.16. The summed E-state index contributed by atoms with van der Waals surface area (Å²) >= 11 is 0. The molecule has 0 unspecified atom stereocenters. The third-order valence-electron chi connectivity index (χ3n) is 14.7. The fourth-order valence-corrected chi connectivity index (χ4v) is 12.3. The third kappa shape index (κ3) is 4.33. The minimum Gasteiger partial charge on any atom is -0.459 e. The molecule has 10 atom stereocenters. The number of aliphatic hydroxyl groups excluding tert-OH is 1. The summed E-state index contributed by atoms with van der Waals surface area (Å²) in [5, 5.41) is 10.4. The summed E-state index contributed by atoms with van der Waals surface area (Å²) in [6, 6.07) is 10.0. The highest BCUT2D eigenvalue weighted by atomic mass is 16.5. The highest BCUT2D eigenvalue weighted by Gasteiger charge is 2.82. The summed E-state index contributed by atoms with van der Waals surface area (Å²) in [4.78, 5) is 12.9. The van der Waals surface area contributed by atoms with Gasteiger partial charge in [0.2, 0.25) is 0 Å². The quantitative estimate of drug-likeness (QED) is 0.192. The van der Waals surface area contributed by atoms with Crippen molar-refractivity contribution in [2.45, 2.75) is 124 Å². The van der Waals surface area contributed by atoms with Crippen LogP contribution < -0.4 is 0 Å². The molecule has 2 spiro atoms. The topological polar surface area (TPSA) is 46.5 Å². The molecule has 230 valence electrons. The number of carbonyl (C=O) groups is 1. The van der Waals surface area contributed by atoms with E-state index in [9.17, 15) is 9.90 Å². The van der Waals surface area contributed by atoms with Gasteiger partial charge in [0, 0.05) is 11.5 Å². The Morgan fingerprint density at radius 3 is 2.36 bits per heavy atom. The Morgan fingerprint density at radius 2 is 1.64 bits per heavy atom. The van der Waals surface area contributed by atoms with E-state index < -0.39 is 0 Å². The monoisotopic (exact) mass is 572 g/mol. The van der Waals surface area contributed by atoms with E-state index in [2.05, 4.69) is 41.2 Å². The molecule has 5 fully saturated rings. The number of esters is 1. The molecule has 0 radical (unpaired) electrons. The number of hydrogen-bond donors (Lipinski definition) is 1. The van der Waals surface area contributed by atoms with Gasteiger partial charge in [-0.1, -0.05) is 77.1 Å². The molecule has 0 saturated heterocycles. The van der Waals surface area contributed by atoms with Crippen LogP contribution >= 0.6 is 0 Å². The molecule has 42 heavy (non-hydrogen) atoms. The Morgan fingerprint density at radius 1 is 0.952 bits per heavy atom. The number of ether oxygens (including phenoxy) is 1. The van der Waals surface area contributed by atoms with Gasteiger partial charge in [-0.2, -0.15) is 0 Å². The van der Waals surface area contributed by atoms with Crippen LogP contribution in [0.4, 0.5) is 0 Å². The van der Waals surface area contributed by atoms with Gasteiger partial charge < -0.3 is 9.84 Å². The second-order valence-electron chi connectivity index (χ2n) is 16.6. The van der Waals surface area contributed by atoms with E-state index in [0.717, 1.165) is 42.2 Å². The van der Waals surface area contributed by atoms with Gasteiger partial charge in [-0.3, -0.25) is 0 Å². The highest BCUT2D eigenvalue weighted by molar-refractivity contribution is 5.87. The first-order valence-corrected chi connectivity index (χ1v) is 17.1. The second kappa shape index (κ2) is 10.4. The number of fused-ring (bicyclic) bond motifs is 2. The van der Waals surface area contributed by atoms with Gasteiger partial charge in [-0.05, 0) is 135 Å². The van der Waals surface area contributed by atoms with Crippen LogP contribution in [0.2, 0.25) is 0 Å². The smallest absolute Gasteiger partial charge is 0.331 e. The summed E-state index contributed by atoms with van der Waals surface area (Å²) in [6.07, 6.45) is 16.8. The molecule has 6 rings (SSSR count). The zero-order valence-corrected chi connectivity index (χ0v) is 27.3. The Bertz CT molecular complexity index is 1230. The van der Waals surface area contributed by atoms with Gasteiger partial charge in [0.05, 0.1) is 6.10 Å². The molecule has 0 amide bonds. The van der Waals surface area contributed by atoms with Crippen LogP contribution in [0.25, 0.3) is 6.08 Å². The molecule has 5 aliphatic carbocycles. The fraction of sp³-hybridized carbons (Fsp3) is 0.718. The van der Waals surface area contributed by atoms with E-state index in [1.807, 2.05) is 43.3 Å². The van der Waals surface area contributed by atoms with Crippen LogP contribution in [-0.4, -0.2) is 23.3 Å². The molecule has 1 aromatic rings. The molecule has 5 saturated carbocycles. The summed E-state index contributed by atoms with van der Waals surface area (Å²) in [6.45, 7) is 18.6. The van der Waals surface area contributed by atoms with E-state index in [0.29, 0.717) is 33.5 Å². The van der Waals surface area contributed by atoms with Gasteiger partial charge in [-0.15, -0.1) is 0 Å². The first-order valence-electron chi connectivity index (χ1n) is 17.1. The molecule has 5 aliphatic rings. The molecular formula is C39H56O3. The van der Waals surface area contributed by atoms with Crippen molar-refractivity contribution in [3.8, 4) is 0 Å². The summed E-state index contributed by atoms with van der Waals surface area (Å²) < 4.78 is 6.23. The standard InChI is InChI=1S/C39H56O3/c1-26(2)30(40)15-13-27(3)29-19-21-37(7)32-17-16-31-35(4,5)33(42-34(41)18-14-28-11-9-8-10-12-28)20-22-38(31)25-39(32,38)24-23-36(29,37)6/h8-12,14,18,27,29-33,40H,1,13,15-17,19-25H2,2-7H3/b18-14+/t27-,29-,30+,31+,32+,33+,36-,37+,38-,39+/m1/s1. The summed E-state index contributed by atoms with van der Waals surface area (Å²) in [7, 11) is 0. The lowest BCUT2D eigenvalue weighted by Crippen LogP contribution is -2.58. The van der Waals surface area contributed by atoms with Crippen molar-refractivity contribution in [1.82, 2.24) is 0 Å². The zero-order valence-electron chi connectivity index (χ0n) is 27.3. The van der Waals surface area contributed by atoms with Gasteiger partial charge in [0.25, 0.3) is 0 Å². The van der Waals surface area contributed by atoms with Gasteiger partial charge in [-0.25, -0.2) is 4.79 Å². The van der Waals surface area contributed by atoms with Crippen molar-refractivity contribution < 1.29 is 14.6 Å². The maximum atomic E-state index is 12.9. The van der Waals surface area contributed by atoms with Gasteiger partial charge in [0.1, 0.15) is 6.10 Å². The maximum absolute atomic E-state index is 12.9. The first-order chi connectivity index (χ1) is 19.8. The Labute approximate surface area is 255 Å². The van der Waals surface area contributed by atoms with Crippen molar-refractivity contribution in [2.24, 2.45) is 50.7 Å². The second-order valence-corrected chi connectivity index (χ2v) is 16.6. The SMILES string of the molecule is C=C(C)[C@@H](O)CC[C@@H](C)[C@H]1CC[C@@]2(C)[C@@H]3CC[C@H]4C(C)(C)[C@@H](OC(=O)/C=C/c5ccccc5)CC[C@@]45C[C@@]35CC[C@]12C. The van der Waals surface area contributed by atoms with Crippen LogP contribution in [0, 0.1) is 50.7 Å². The first kappa shape index (κ1) is 30.2. The molecule has 0 heterocycles.